The predicted molar refractivity (Wildman–Crippen MR) is 80.0 cm³/mol. The van der Waals surface area contributed by atoms with Crippen molar-refractivity contribution in [2.45, 2.75) is 6.42 Å². The van der Waals surface area contributed by atoms with Gasteiger partial charge in [0.2, 0.25) is 0 Å². The first-order valence-corrected chi connectivity index (χ1v) is 8.55. The lowest BCUT2D eigenvalue weighted by molar-refractivity contribution is 0.0993. The smallest absolute Gasteiger partial charge is 0.258 e. The van der Waals surface area contributed by atoms with Gasteiger partial charge in [0.25, 0.3) is 5.91 Å². The van der Waals surface area contributed by atoms with E-state index in [0.717, 1.165) is 16.5 Å². The number of hydrogen-bond acceptors (Lipinski definition) is 3. The van der Waals surface area contributed by atoms with Crippen LogP contribution in [-0.2, 0) is 9.84 Å². The van der Waals surface area contributed by atoms with E-state index in [1.165, 1.54) is 6.26 Å². The van der Waals surface area contributed by atoms with Crippen LogP contribution in [0, 0.1) is 0 Å². The second-order valence-corrected chi connectivity index (χ2v) is 7.38. The van der Waals surface area contributed by atoms with E-state index in [1.807, 2.05) is 36.4 Å². The zero-order valence-electron chi connectivity index (χ0n) is 11.2. The summed E-state index contributed by atoms with van der Waals surface area (Å²) in [5.74, 6) is 0.0635. The summed E-state index contributed by atoms with van der Waals surface area (Å²) in [6.45, 7) is 0.430. The van der Waals surface area contributed by atoms with Crippen LogP contribution in [0.4, 0.5) is 5.69 Å². The lowest BCUT2D eigenvalue weighted by Gasteiger charge is -2.17. The molecule has 0 bridgehead atoms. The third kappa shape index (κ3) is 2.18. The van der Waals surface area contributed by atoms with E-state index in [4.69, 9.17) is 0 Å². The molecule has 0 aromatic heterocycles. The van der Waals surface area contributed by atoms with E-state index >= 15 is 0 Å². The van der Waals surface area contributed by atoms with E-state index < -0.39 is 9.84 Å². The van der Waals surface area contributed by atoms with Gasteiger partial charge < -0.3 is 4.90 Å². The van der Waals surface area contributed by atoms with Gasteiger partial charge in [-0.3, -0.25) is 4.79 Å². The normalized spacial score (nSPS) is 14.2. The molecule has 0 unspecified atom stereocenters. The van der Waals surface area contributed by atoms with Crippen molar-refractivity contribution in [1.29, 1.82) is 0 Å². The molecule has 2 aromatic rings. The largest absolute Gasteiger partial charge is 0.308 e. The van der Waals surface area contributed by atoms with Crippen LogP contribution in [0.15, 0.2) is 36.4 Å². The Hall–Kier alpha value is -1.88. The molecule has 0 saturated carbocycles. The molecule has 0 fully saturated rings. The minimum atomic E-state index is -2.99. The molecule has 0 aliphatic carbocycles. The number of carbonyl (C=O) groups is 1. The Kier molecular flexibility index (Phi) is 3.01. The quantitative estimate of drug-likeness (QED) is 0.867. The lowest BCUT2D eigenvalue weighted by Crippen LogP contribution is -2.29. The fraction of sp³-hybridized carbons (Fsp3) is 0.267. The van der Waals surface area contributed by atoms with Gasteiger partial charge in [-0.1, -0.05) is 24.3 Å². The number of carbonyl (C=O) groups excluding carboxylic acids is 1. The minimum absolute atomic E-state index is 0.0368. The third-order valence-corrected chi connectivity index (χ3v) is 4.58. The fourth-order valence-electron chi connectivity index (χ4n) is 2.69. The third-order valence-electron chi connectivity index (χ3n) is 3.55. The highest BCUT2D eigenvalue weighted by Gasteiger charge is 2.28. The number of anilines is 1. The van der Waals surface area contributed by atoms with Crippen LogP contribution in [0.5, 0.6) is 0 Å². The Labute approximate surface area is 117 Å². The highest BCUT2D eigenvalue weighted by molar-refractivity contribution is 7.90. The Morgan fingerprint density at radius 3 is 2.50 bits per heavy atom. The average molecular weight is 289 g/mol. The van der Waals surface area contributed by atoms with E-state index in [9.17, 15) is 13.2 Å². The van der Waals surface area contributed by atoms with Crippen molar-refractivity contribution in [1.82, 2.24) is 0 Å². The van der Waals surface area contributed by atoms with Crippen molar-refractivity contribution in [3.8, 4) is 0 Å². The fourth-order valence-corrected chi connectivity index (χ4v) is 3.34. The molecular formula is C15H15NO3S. The molecule has 3 rings (SSSR count). The summed E-state index contributed by atoms with van der Waals surface area (Å²) >= 11 is 0. The molecule has 0 radical (unpaired) electrons. The van der Waals surface area contributed by atoms with Gasteiger partial charge in [-0.05, 0) is 23.9 Å². The number of sulfone groups is 1. The van der Waals surface area contributed by atoms with Gasteiger partial charge in [0.05, 0.1) is 11.4 Å². The Morgan fingerprint density at radius 1 is 1.10 bits per heavy atom. The summed E-state index contributed by atoms with van der Waals surface area (Å²) < 4.78 is 22.4. The van der Waals surface area contributed by atoms with Crippen LogP contribution in [0.25, 0.3) is 10.8 Å². The predicted octanol–water partition coefficient (Wildman–Crippen LogP) is 2.23. The standard InChI is InChI=1S/C15H15NO3S/c1-20(18,19)10-4-9-16-13-8-3-6-11-5-2-7-12(14(11)13)15(16)17/h2-3,5-8H,4,9-10H2,1H3. The van der Waals surface area contributed by atoms with Crippen LogP contribution in [0.3, 0.4) is 0 Å². The molecule has 1 aliphatic heterocycles. The van der Waals surface area contributed by atoms with Crippen molar-refractivity contribution in [2.75, 3.05) is 23.5 Å². The van der Waals surface area contributed by atoms with Gasteiger partial charge in [-0.2, -0.15) is 0 Å². The van der Waals surface area contributed by atoms with Crippen LogP contribution >= 0.6 is 0 Å². The van der Waals surface area contributed by atoms with E-state index in [1.54, 1.807) is 4.90 Å². The zero-order valence-corrected chi connectivity index (χ0v) is 12.0. The van der Waals surface area contributed by atoms with Crippen molar-refractivity contribution in [3.05, 3.63) is 42.0 Å². The molecule has 104 valence electrons. The molecule has 4 nitrogen and oxygen atoms in total. The van der Waals surface area contributed by atoms with Gasteiger partial charge in [-0.25, -0.2) is 8.42 Å². The number of rotatable bonds is 4. The average Bonchev–Trinajstić information content (AvgIpc) is 2.66. The summed E-state index contributed by atoms with van der Waals surface area (Å²) in [7, 11) is -2.99. The highest BCUT2D eigenvalue weighted by atomic mass is 32.2. The molecule has 0 saturated heterocycles. The molecular weight excluding hydrogens is 274 g/mol. The van der Waals surface area contributed by atoms with E-state index in [-0.39, 0.29) is 11.7 Å². The number of amides is 1. The topological polar surface area (TPSA) is 54.5 Å². The molecule has 2 aromatic carbocycles. The summed E-state index contributed by atoms with van der Waals surface area (Å²) in [4.78, 5) is 14.1. The van der Waals surface area contributed by atoms with Gasteiger partial charge in [0.15, 0.2) is 0 Å². The molecule has 0 spiro atoms. The molecule has 0 atom stereocenters. The minimum Gasteiger partial charge on any atom is -0.308 e. The summed E-state index contributed by atoms with van der Waals surface area (Å²) in [5, 5.41) is 2.01. The molecule has 20 heavy (non-hydrogen) atoms. The summed E-state index contributed by atoms with van der Waals surface area (Å²) in [5.41, 5.74) is 1.59. The SMILES string of the molecule is CS(=O)(=O)CCCN1C(=O)c2cccc3cccc1c23. The van der Waals surface area contributed by atoms with E-state index in [0.29, 0.717) is 18.5 Å². The second kappa shape index (κ2) is 4.59. The number of benzene rings is 2. The molecule has 5 heteroatoms. The van der Waals surface area contributed by atoms with Crippen molar-refractivity contribution < 1.29 is 13.2 Å². The van der Waals surface area contributed by atoms with E-state index in [2.05, 4.69) is 0 Å². The monoisotopic (exact) mass is 289 g/mol. The van der Waals surface area contributed by atoms with Crippen LogP contribution in [0.2, 0.25) is 0 Å². The summed E-state index contributed by atoms with van der Waals surface area (Å²) in [6, 6.07) is 11.5. The second-order valence-electron chi connectivity index (χ2n) is 5.12. The Balaban J connectivity index is 1.93. The number of nitrogens with zero attached hydrogens (tertiary/aromatic N) is 1. The first kappa shape index (κ1) is 13.1. The van der Waals surface area contributed by atoms with Crippen LogP contribution in [-0.4, -0.2) is 32.9 Å². The zero-order chi connectivity index (χ0) is 14.3. The summed E-state index contributed by atoms with van der Waals surface area (Å²) in [6.07, 6.45) is 1.67. The maximum Gasteiger partial charge on any atom is 0.258 e. The van der Waals surface area contributed by atoms with Crippen molar-refractivity contribution in [3.63, 3.8) is 0 Å². The maximum atomic E-state index is 12.4. The van der Waals surface area contributed by atoms with Crippen LogP contribution in [0.1, 0.15) is 16.8 Å². The van der Waals surface area contributed by atoms with Crippen molar-refractivity contribution in [2.24, 2.45) is 0 Å². The molecule has 1 heterocycles. The van der Waals surface area contributed by atoms with Gasteiger partial charge in [0.1, 0.15) is 9.84 Å². The van der Waals surface area contributed by atoms with Crippen molar-refractivity contribution >= 4 is 32.2 Å². The lowest BCUT2D eigenvalue weighted by atomic mass is 10.1. The Morgan fingerprint density at radius 2 is 1.80 bits per heavy atom. The highest BCUT2D eigenvalue weighted by Crippen LogP contribution is 2.37. The first-order chi connectivity index (χ1) is 9.47. The van der Waals surface area contributed by atoms with Crippen LogP contribution < -0.4 is 4.90 Å². The first-order valence-electron chi connectivity index (χ1n) is 6.49. The molecule has 1 amide bonds. The molecule has 0 N–H and O–H groups in total. The van der Waals surface area contributed by atoms with Gasteiger partial charge in [0, 0.05) is 23.8 Å². The van der Waals surface area contributed by atoms with Gasteiger partial charge in [-0.15, -0.1) is 0 Å². The molecule has 1 aliphatic rings. The maximum absolute atomic E-state index is 12.4. The van der Waals surface area contributed by atoms with Gasteiger partial charge >= 0.3 is 0 Å². The Bertz CT molecular complexity index is 791. The number of hydrogen-bond donors (Lipinski definition) is 0.